The quantitative estimate of drug-likeness (QED) is 0.822. The maximum atomic E-state index is 9.31. The van der Waals surface area contributed by atoms with E-state index in [0.29, 0.717) is 0 Å². The van der Waals surface area contributed by atoms with Gasteiger partial charge in [0.05, 0.1) is 6.07 Å². The zero-order valence-corrected chi connectivity index (χ0v) is 11.7. The monoisotopic (exact) mass is 259 g/mol. The largest absolute Gasteiger partial charge is 0.313 e. The summed E-state index contributed by atoms with van der Waals surface area (Å²) >= 11 is 0. The number of nitrogens with one attached hydrogen (secondary N) is 1. The minimum Gasteiger partial charge on any atom is -0.313 e. The van der Waals surface area contributed by atoms with Crippen molar-refractivity contribution >= 4 is 0 Å². The smallest absolute Gasteiger partial charge is 0.110 e. The summed E-state index contributed by atoms with van der Waals surface area (Å²) in [6.07, 6.45) is 7.54. The highest BCUT2D eigenvalue weighted by atomic mass is 15.2. The molecule has 1 heterocycles. The van der Waals surface area contributed by atoms with E-state index in [1.165, 1.54) is 38.6 Å². The lowest BCUT2D eigenvalue weighted by atomic mass is 9.52. The first kappa shape index (κ1) is 12.2. The second kappa shape index (κ2) is 4.75. The number of nitrogens with zero attached hydrogens (tertiary/aromatic N) is 2. The van der Waals surface area contributed by atoms with Crippen molar-refractivity contribution in [3.8, 4) is 6.07 Å². The van der Waals surface area contributed by atoms with E-state index in [1.807, 2.05) is 0 Å². The van der Waals surface area contributed by atoms with Crippen LogP contribution in [0.4, 0.5) is 0 Å². The third-order valence-corrected chi connectivity index (χ3v) is 6.37. The summed E-state index contributed by atoms with van der Waals surface area (Å²) < 4.78 is 0. The molecule has 4 bridgehead atoms. The molecule has 0 amide bonds. The number of piperazine rings is 1. The van der Waals surface area contributed by atoms with Crippen LogP contribution in [0.25, 0.3) is 0 Å². The van der Waals surface area contributed by atoms with Crippen LogP contribution >= 0.6 is 0 Å². The van der Waals surface area contributed by atoms with Crippen molar-refractivity contribution in [3.05, 3.63) is 0 Å². The van der Waals surface area contributed by atoms with Crippen molar-refractivity contribution < 1.29 is 0 Å². The molecule has 0 radical (unpaired) electrons. The molecule has 0 aromatic carbocycles. The van der Waals surface area contributed by atoms with Crippen LogP contribution in [0.3, 0.4) is 0 Å². The third-order valence-electron chi connectivity index (χ3n) is 6.37. The van der Waals surface area contributed by atoms with Crippen LogP contribution in [0.2, 0.25) is 0 Å². The van der Waals surface area contributed by atoms with Gasteiger partial charge in [0.15, 0.2) is 0 Å². The highest BCUT2D eigenvalue weighted by Gasteiger charge is 2.48. The first-order chi connectivity index (χ1) is 9.33. The molecule has 5 rings (SSSR count). The predicted molar refractivity (Wildman–Crippen MR) is 74.4 cm³/mol. The molecular weight excluding hydrogens is 234 g/mol. The minimum atomic E-state index is 0.117. The molecule has 1 saturated heterocycles. The second-order valence-electron chi connectivity index (χ2n) is 7.44. The zero-order valence-electron chi connectivity index (χ0n) is 11.7. The van der Waals surface area contributed by atoms with E-state index in [4.69, 9.17) is 0 Å². The summed E-state index contributed by atoms with van der Waals surface area (Å²) in [7, 11) is 0. The van der Waals surface area contributed by atoms with Gasteiger partial charge in [-0.1, -0.05) is 0 Å². The SMILES string of the molecule is N#CC1CNCCN1CC1C2CC3CC(C2)CC1C3. The average Bonchev–Trinajstić information content (AvgIpc) is 2.42. The van der Waals surface area contributed by atoms with E-state index in [0.717, 1.165) is 49.2 Å². The van der Waals surface area contributed by atoms with Gasteiger partial charge in [-0.25, -0.2) is 0 Å². The number of hydrogen-bond acceptors (Lipinski definition) is 3. The van der Waals surface area contributed by atoms with Gasteiger partial charge in [-0.2, -0.15) is 5.26 Å². The maximum Gasteiger partial charge on any atom is 0.110 e. The highest BCUT2D eigenvalue weighted by molar-refractivity contribution is 5.02. The molecular formula is C16H25N3. The van der Waals surface area contributed by atoms with Gasteiger partial charge < -0.3 is 5.32 Å². The van der Waals surface area contributed by atoms with Gasteiger partial charge in [-0.15, -0.1) is 0 Å². The number of hydrogen-bond donors (Lipinski definition) is 1. The fourth-order valence-corrected chi connectivity index (χ4v) is 5.70. The summed E-state index contributed by atoms with van der Waals surface area (Å²) in [4.78, 5) is 2.48. The van der Waals surface area contributed by atoms with Gasteiger partial charge >= 0.3 is 0 Å². The van der Waals surface area contributed by atoms with E-state index in [1.54, 1.807) is 0 Å². The Labute approximate surface area is 116 Å². The Bertz CT molecular complexity index is 358. The van der Waals surface area contributed by atoms with Gasteiger partial charge in [0, 0.05) is 26.2 Å². The molecule has 4 aliphatic carbocycles. The lowest BCUT2D eigenvalue weighted by Crippen LogP contribution is -2.55. The highest BCUT2D eigenvalue weighted by Crippen LogP contribution is 2.56. The van der Waals surface area contributed by atoms with Crippen molar-refractivity contribution in [3.63, 3.8) is 0 Å². The Morgan fingerprint density at radius 1 is 1.05 bits per heavy atom. The molecule has 5 fully saturated rings. The van der Waals surface area contributed by atoms with Gasteiger partial charge in [-0.3, -0.25) is 4.90 Å². The topological polar surface area (TPSA) is 39.1 Å². The zero-order chi connectivity index (χ0) is 12.8. The summed E-state index contributed by atoms with van der Waals surface area (Å²) in [6.45, 7) is 4.20. The van der Waals surface area contributed by atoms with Gasteiger partial charge in [-0.05, 0) is 61.7 Å². The fourth-order valence-electron chi connectivity index (χ4n) is 5.70. The van der Waals surface area contributed by atoms with Crippen LogP contribution in [0.5, 0.6) is 0 Å². The van der Waals surface area contributed by atoms with Crippen LogP contribution in [-0.4, -0.2) is 37.1 Å². The fraction of sp³-hybridized carbons (Fsp3) is 0.938. The Balaban J connectivity index is 1.46. The minimum absolute atomic E-state index is 0.117. The molecule has 3 nitrogen and oxygen atoms in total. The lowest BCUT2D eigenvalue weighted by Gasteiger charge is -2.55. The van der Waals surface area contributed by atoms with E-state index in [-0.39, 0.29) is 6.04 Å². The van der Waals surface area contributed by atoms with Crippen LogP contribution in [-0.2, 0) is 0 Å². The molecule has 1 aliphatic heterocycles. The molecule has 1 unspecified atom stereocenters. The van der Waals surface area contributed by atoms with Gasteiger partial charge in [0.1, 0.15) is 6.04 Å². The Morgan fingerprint density at radius 2 is 1.74 bits per heavy atom. The first-order valence-electron chi connectivity index (χ1n) is 8.18. The number of nitriles is 1. The number of rotatable bonds is 2. The van der Waals surface area contributed by atoms with E-state index in [9.17, 15) is 5.26 Å². The molecule has 1 N–H and O–H groups in total. The Kier molecular flexibility index (Phi) is 3.04. The van der Waals surface area contributed by atoms with Crippen LogP contribution in [0.15, 0.2) is 0 Å². The predicted octanol–water partition coefficient (Wildman–Crippen LogP) is 1.86. The van der Waals surface area contributed by atoms with Crippen molar-refractivity contribution in [1.82, 2.24) is 10.2 Å². The lowest BCUT2D eigenvalue weighted by molar-refractivity contribution is -0.0526. The average molecular weight is 259 g/mol. The van der Waals surface area contributed by atoms with Gasteiger partial charge in [0.25, 0.3) is 0 Å². The maximum absolute atomic E-state index is 9.31. The summed E-state index contributed by atoms with van der Waals surface area (Å²) in [5.74, 6) is 5.01. The van der Waals surface area contributed by atoms with Crippen LogP contribution in [0.1, 0.15) is 32.1 Å². The second-order valence-corrected chi connectivity index (χ2v) is 7.44. The van der Waals surface area contributed by atoms with E-state index in [2.05, 4.69) is 16.3 Å². The molecule has 19 heavy (non-hydrogen) atoms. The Hall–Kier alpha value is -0.590. The molecule has 0 spiro atoms. The summed E-state index contributed by atoms with van der Waals surface area (Å²) in [6, 6.07) is 2.61. The van der Waals surface area contributed by atoms with Crippen LogP contribution < -0.4 is 5.32 Å². The molecule has 3 heteroatoms. The van der Waals surface area contributed by atoms with Gasteiger partial charge in [0.2, 0.25) is 0 Å². The Morgan fingerprint density at radius 3 is 2.37 bits per heavy atom. The van der Waals surface area contributed by atoms with E-state index < -0.39 is 0 Å². The standard InChI is InChI=1S/C16H25N3/c17-8-15-9-18-1-2-19(15)10-16-13-4-11-3-12(6-13)7-14(16)5-11/h11-16,18H,1-7,9-10H2. The van der Waals surface area contributed by atoms with Crippen molar-refractivity contribution in [2.45, 2.75) is 38.1 Å². The molecule has 5 aliphatic rings. The van der Waals surface area contributed by atoms with Crippen molar-refractivity contribution in [2.24, 2.45) is 29.6 Å². The molecule has 0 aromatic heterocycles. The van der Waals surface area contributed by atoms with Crippen molar-refractivity contribution in [1.29, 1.82) is 5.26 Å². The molecule has 1 atom stereocenters. The molecule has 0 aromatic rings. The summed E-state index contributed by atoms with van der Waals surface area (Å²) in [5.41, 5.74) is 0. The normalized spacial score (nSPS) is 49.2. The van der Waals surface area contributed by atoms with Crippen molar-refractivity contribution in [2.75, 3.05) is 26.2 Å². The van der Waals surface area contributed by atoms with E-state index >= 15 is 0 Å². The van der Waals surface area contributed by atoms with Crippen LogP contribution in [0, 0.1) is 40.9 Å². The molecule has 4 saturated carbocycles. The summed E-state index contributed by atoms with van der Waals surface area (Å²) in [5, 5.41) is 12.7. The first-order valence-corrected chi connectivity index (χ1v) is 8.18. The molecule has 104 valence electrons. The third kappa shape index (κ3) is 2.10.